The molecule has 1 saturated heterocycles. The Morgan fingerprint density at radius 1 is 1.43 bits per heavy atom. The molecular weight excluding hydrogens is 178 g/mol. The first-order valence-corrected chi connectivity index (χ1v) is 5.12. The van der Waals surface area contributed by atoms with Crippen molar-refractivity contribution in [3.8, 4) is 0 Å². The predicted molar refractivity (Wildman–Crippen MR) is 57.3 cm³/mol. The van der Waals surface area contributed by atoms with E-state index in [1.807, 2.05) is 6.92 Å². The quantitative estimate of drug-likeness (QED) is 0.689. The molecule has 0 amide bonds. The van der Waals surface area contributed by atoms with E-state index >= 15 is 0 Å². The summed E-state index contributed by atoms with van der Waals surface area (Å²) in [5.41, 5.74) is 0.580. The highest BCUT2D eigenvalue weighted by atomic mass is 16.5. The van der Waals surface area contributed by atoms with Gasteiger partial charge in [-0.25, -0.2) is 0 Å². The molecule has 1 unspecified atom stereocenters. The van der Waals surface area contributed by atoms with Gasteiger partial charge in [-0.05, 0) is 20.8 Å². The number of aliphatic hydroxyl groups is 1. The van der Waals surface area contributed by atoms with Crippen molar-refractivity contribution in [1.29, 1.82) is 0 Å². The van der Waals surface area contributed by atoms with Crippen LogP contribution in [0.1, 0.15) is 20.8 Å². The Bertz CT molecular complexity index is 207. The Morgan fingerprint density at radius 3 is 2.36 bits per heavy atom. The lowest BCUT2D eigenvalue weighted by Crippen LogP contribution is -2.56. The molecule has 1 aliphatic heterocycles. The maximum Gasteiger partial charge on any atom is 0.0923 e. The van der Waals surface area contributed by atoms with Crippen molar-refractivity contribution in [3.05, 3.63) is 12.2 Å². The van der Waals surface area contributed by atoms with E-state index in [1.165, 1.54) is 0 Å². The molecule has 14 heavy (non-hydrogen) atoms. The number of aliphatic hydroxyl groups excluding tert-OH is 1. The van der Waals surface area contributed by atoms with E-state index in [0.717, 1.165) is 31.9 Å². The van der Waals surface area contributed by atoms with E-state index in [4.69, 9.17) is 4.74 Å². The summed E-state index contributed by atoms with van der Waals surface area (Å²) >= 11 is 0. The van der Waals surface area contributed by atoms with Gasteiger partial charge in [0.25, 0.3) is 0 Å². The van der Waals surface area contributed by atoms with E-state index in [1.54, 1.807) is 0 Å². The maximum absolute atomic E-state index is 10.0. The van der Waals surface area contributed by atoms with E-state index < -0.39 is 6.10 Å². The topological polar surface area (TPSA) is 32.7 Å². The van der Waals surface area contributed by atoms with Gasteiger partial charge in [-0.15, -0.1) is 0 Å². The third-order valence-electron chi connectivity index (χ3n) is 2.96. The molecule has 0 aromatic heterocycles. The van der Waals surface area contributed by atoms with Crippen LogP contribution in [-0.2, 0) is 4.74 Å². The van der Waals surface area contributed by atoms with Crippen molar-refractivity contribution in [2.75, 3.05) is 26.3 Å². The Balaban J connectivity index is 2.66. The first-order chi connectivity index (χ1) is 6.46. The molecule has 3 nitrogen and oxygen atoms in total. The third-order valence-corrected chi connectivity index (χ3v) is 2.96. The fourth-order valence-corrected chi connectivity index (χ4v) is 1.92. The summed E-state index contributed by atoms with van der Waals surface area (Å²) in [7, 11) is 0. The molecule has 3 heteroatoms. The second-order valence-electron chi connectivity index (χ2n) is 4.50. The zero-order valence-corrected chi connectivity index (χ0v) is 9.42. The number of ether oxygens (including phenoxy) is 1. The van der Waals surface area contributed by atoms with Gasteiger partial charge in [-0.2, -0.15) is 0 Å². The van der Waals surface area contributed by atoms with Crippen LogP contribution in [0.4, 0.5) is 0 Å². The number of hydrogen-bond donors (Lipinski definition) is 1. The van der Waals surface area contributed by atoms with Crippen LogP contribution in [0.3, 0.4) is 0 Å². The highest BCUT2D eigenvalue weighted by Gasteiger charge is 2.35. The van der Waals surface area contributed by atoms with Crippen LogP contribution >= 0.6 is 0 Å². The lowest BCUT2D eigenvalue weighted by molar-refractivity contribution is -0.0506. The highest BCUT2D eigenvalue weighted by molar-refractivity contribution is 5.08. The number of rotatable bonds is 3. The molecule has 1 fully saturated rings. The molecular formula is C11H21NO2. The molecule has 0 aromatic carbocycles. The number of hydrogen-bond acceptors (Lipinski definition) is 3. The summed E-state index contributed by atoms with van der Waals surface area (Å²) in [6.07, 6.45) is -0.472. The molecule has 0 radical (unpaired) electrons. The van der Waals surface area contributed by atoms with E-state index in [9.17, 15) is 5.11 Å². The van der Waals surface area contributed by atoms with E-state index in [-0.39, 0.29) is 5.54 Å². The normalized spacial score (nSPS) is 22.0. The molecule has 82 valence electrons. The van der Waals surface area contributed by atoms with Crippen LogP contribution in [0, 0.1) is 0 Å². The predicted octanol–water partition coefficient (Wildman–Crippen LogP) is 1.03. The van der Waals surface area contributed by atoms with Crippen molar-refractivity contribution >= 4 is 0 Å². The maximum atomic E-state index is 10.0. The van der Waals surface area contributed by atoms with Crippen molar-refractivity contribution in [3.63, 3.8) is 0 Å². The second-order valence-corrected chi connectivity index (χ2v) is 4.50. The summed E-state index contributed by atoms with van der Waals surface area (Å²) in [4.78, 5) is 2.26. The summed E-state index contributed by atoms with van der Waals surface area (Å²) in [6.45, 7) is 13.1. The average molecular weight is 199 g/mol. The van der Waals surface area contributed by atoms with Gasteiger partial charge in [-0.1, -0.05) is 12.2 Å². The van der Waals surface area contributed by atoms with Crippen molar-refractivity contribution in [2.24, 2.45) is 0 Å². The first kappa shape index (κ1) is 11.7. The lowest BCUT2D eigenvalue weighted by atomic mass is 9.90. The van der Waals surface area contributed by atoms with Crippen LogP contribution in [0.15, 0.2) is 12.2 Å². The van der Waals surface area contributed by atoms with E-state index in [0.29, 0.717) is 0 Å². The van der Waals surface area contributed by atoms with Gasteiger partial charge in [0, 0.05) is 18.6 Å². The number of nitrogens with zero attached hydrogens (tertiary/aromatic N) is 1. The summed E-state index contributed by atoms with van der Waals surface area (Å²) in [5, 5.41) is 10.0. The molecule has 1 heterocycles. The number of morpholine rings is 1. The monoisotopic (exact) mass is 199 g/mol. The molecule has 1 aliphatic rings. The summed E-state index contributed by atoms with van der Waals surface area (Å²) < 4.78 is 5.29. The minimum Gasteiger partial charge on any atom is -0.387 e. The van der Waals surface area contributed by atoms with Crippen molar-refractivity contribution in [1.82, 2.24) is 4.90 Å². The van der Waals surface area contributed by atoms with Crippen LogP contribution in [0.25, 0.3) is 0 Å². The van der Waals surface area contributed by atoms with Gasteiger partial charge >= 0.3 is 0 Å². The fraction of sp³-hybridized carbons (Fsp3) is 0.818. The van der Waals surface area contributed by atoms with Crippen LogP contribution in [0.5, 0.6) is 0 Å². The lowest BCUT2D eigenvalue weighted by Gasteiger charge is -2.43. The Labute approximate surface area is 86.4 Å². The van der Waals surface area contributed by atoms with Gasteiger partial charge in [0.15, 0.2) is 0 Å². The smallest absolute Gasteiger partial charge is 0.0923 e. The SMILES string of the molecule is C=C(C)C(O)C(C)(C)N1CCOCC1. The summed E-state index contributed by atoms with van der Waals surface area (Å²) in [5.74, 6) is 0. The molecule has 0 saturated carbocycles. The Kier molecular flexibility index (Phi) is 3.70. The van der Waals surface area contributed by atoms with Gasteiger partial charge in [0.05, 0.1) is 19.3 Å². The zero-order chi connectivity index (χ0) is 10.8. The molecule has 0 bridgehead atoms. The average Bonchev–Trinajstić information content (AvgIpc) is 2.18. The van der Waals surface area contributed by atoms with E-state index in [2.05, 4.69) is 25.3 Å². The third kappa shape index (κ3) is 2.35. The minimum atomic E-state index is -0.472. The van der Waals surface area contributed by atoms with Crippen molar-refractivity contribution < 1.29 is 9.84 Å². The standard InChI is InChI=1S/C11H21NO2/c1-9(2)10(13)11(3,4)12-5-7-14-8-6-12/h10,13H,1,5-8H2,2-4H3. The minimum absolute atomic E-state index is 0.240. The first-order valence-electron chi connectivity index (χ1n) is 5.12. The second kappa shape index (κ2) is 4.43. The molecule has 0 aliphatic carbocycles. The van der Waals surface area contributed by atoms with Crippen LogP contribution in [0.2, 0.25) is 0 Å². The zero-order valence-electron chi connectivity index (χ0n) is 9.42. The molecule has 1 N–H and O–H groups in total. The molecule has 0 spiro atoms. The highest BCUT2D eigenvalue weighted by Crippen LogP contribution is 2.24. The largest absolute Gasteiger partial charge is 0.387 e. The van der Waals surface area contributed by atoms with Gasteiger partial charge in [0.1, 0.15) is 0 Å². The Morgan fingerprint density at radius 2 is 1.93 bits per heavy atom. The van der Waals surface area contributed by atoms with Crippen molar-refractivity contribution in [2.45, 2.75) is 32.4 Å². The van der Waals surface area contributed by atoms with Gasteiger partial charge < -0.3 is 9.84 Å². The van der Waals surface area contributed by atoms with Crippen LogP contribution < -0.4 is 0 Å². The Hall–Kier alpha value is -0.380. The van der Waals surface area contributed by atoms with Gasteiger partial charge in [-0.3, -0.25) is 4.90 Å². The fourth-order valence-electron chi connectivity index (χ4n) is 1.92. The van der Waals surface area contributed by atoms with Crippen LogP contribution in [-0.4, -0.2) is 48.0 Å². The van der Waals surface area contributed by atoms with Gasteiger partial charge in [0.2, 0.25) is 0 Å². The summed E-state index contributed by atoms with van der Waals surface area (Å²) in [6, 6.07) is 0. The molecule has 1 atom stereocenters. The molecule has 1 rings (SSSR count). The molecule has 0 aromatic rings.